The Labute approximate surface area is 80.1 Å². The molecule has 0 bridgehead atoms. The van der Waals surface area contributed by atoms with E-state index in [1.807, 2.05) is 12.1 Å². The number of aromatic nitrogens is 1. The number of rotatable bonds is 0. The Bertz CT molecular complexity index is 228. The van der Waals surface area contributed by atoms with Crippen LogP contribution < -0.4 is 0 Å². The van der Waals surface area contributed by atoms with E-state index >= 15 is 0 Å². The van der Waals surface area contributed by atoms with Gasteiger partial charge in [0.25, 0.3) is 0 Å². The monoisotopic (exact) mass is 317 g/mol. The molecule has 0 aliphatic heterocycles. The van der Waals surface area contributed by atoms with Crippen LogP contribution in [0.25, 0.3) is 0 Å². The summed E-state index contributed by atoms with van der Waals surface area (Å²) < 4.78 is 1.74. The van der Waals surface area contributed by atoms with Crippen molar-refractivity contribution in [2.24, 2.45) is 0 Å². The van der Waals surface area contributed by atoms with Crippen molar-refractivity contribution in [1.82, 2.24) is 4.98 Å². The van der Waals surface area contributed by atoms with Gasteiger partial charge in [0.2, 0.25) is 0 Å². The van der Waals surface area contributed by atoms with E-state index in [0.717, 1.165) is 8.17 Å². The average molecular weight is 318 g/mol. The molecule has 0 aromatic carbocycles. The highest BCUT2D eigenvalue weighted by Gasteiger charge is 1.95. The Kier molecular flexibility index (Phi) is 2.73. The van der Waals surface area contributed by atoms with Crippen molar-refractivity contribution in [3.63, 3.8) is 0 Å². The lowest BCUT2D eigenvalue weighted by Crippen LogP contribution is -1.79. The molecule has 0 aliphatic rings. The highest BCUT2D eigenvalue weighted by molar-refractivity contribution is 14.1. The molecule has 1 nitrogen and oxygen atoms in total. The maximum Gasteiger partial charge on any atom is 0.143 e. The molecule has 0 N–H and O–H groups in total. The van der Waals surface area contributed by atoms with Gasteiger partial charge in [-0.1, -0.05) is 11.6 Å². The lowest BCUT2D eigenvalue weighted by molar-refractivity contribution is 1.26. The van der Waals surface area contributed by atoms with Gasteiger partial charge < -0.3 is 0 Å². The third kappa shape index (κ3) is 2.05. The highest BCUT2D eigenvalue weighted by atomic mass is 127. The van der Waals surface area contributed by atoms with Gasteiger partial charge in [0, 0.05) is 0 Å². The average Bonchev–Trinajstić information content (AvgIpc) is 1.80. The smallest absolute Gasteiger partial charge is 0.143 e. The summed E-state index contributed by atoms with van der Waals surface area (Å²) in [5, 5.41) is 0.546. The number of pyridine rings is 1. The molecule has 0 unspecified atom stereocenters. The standard InChI is InChI=1S/C5H2BrClIN/c6-4-2-1-3(8)5(7)9-4/h1-2H. The summed E-state index contributed by atoms with van der Waals surface area (Å²) in [6.07, 6.45) is 0. The molecule has 1 aromatic heterocycles. The molecular weight excluding hydrogens is 316 g/mol. The molecule has 1 aromatic rings. The molecule has 0 amide bonds. The van der Waals surface area contributed by atoms with Crippen LogP contribution in [0.15, 0.2) is 16.7 Å². The molecular formula is C5H2BrClIN. The van der Waals surface area contributed by atoms with Crippen molar-refractivity contribution in [3.05, 3.63) is 25.5 Å². The SMILES string of the molecule is Clc1nc(Br)ccc1I. The fraction of sp³-hybridized carbons (Fsp3) is 0. The normalized spacial score (nSPS) is 9.67. The van der Waals surface area contributed by atoms with E-state index in [0.29, 0.717) is 5.15 Å². The fourth-order valence-corrected chi connectivity index (χ4v) is 1.26. The predicted octanol–water partition coefficient (Wildman–Crippen LogP) is 3.10. The van der Waals surface area contributed by atoms with Crippen LogP contribution in [0.4, 0.5) is 0 Å². The minimum Gasteiger partial charge on any atom is -0.228 e. The second kappa shape index (κ2) is 3.16. The number of nitrogens with zero attached hydrogens (tertiary/aromatic N) is 1. The minimum atomic E-state index is 0.546. The second-order valence-electron chi connectivity index (χ2n) is 1.41. The summed E-state index contributed by atoms with van der Waals surface area (Å²) in [7, 11) is 0. The number of hydrogen-bond donors (Lipinski definition) is 0. The van der Waals surface area contributed by atoms with Gasteiger partial charge in [0.15, 0.2) is 0 Å². The largest absolute Gasteiger partial charge is 0.228 e. The topological polar surface area (TPSA) is 12.9 Å². The van der Waals surface area contributed by atoms with Crippen LogP contribution in [0.1, 0.15) is 0 Å². The van der Waals surface area contributed by atoms with Gasteiger partial charge in [-0.05, 0) is 50.7 Å². The first-order valence-corrected chi connectivity index (χ1v) is 4.42. The maximum absolute atomic E-state index is 5.67. The van der Waals surface area contributed by atoms with Crippen molar-refractivity contribution in [1.29, 1.82) is 0 Å². The summed E-state index contributed by atoms with van der Waals surface area (Å²) in [5.74, 6) is 0. The summed E-state index contributed by atoms with van der Waals surface area (Å²) in [6.45, 7) is 0. The first-order valence-electron chi connectivity index (χ1n) is 2.17. The third-order valence-corrected chi connectivity index (χ3v) is 2.69. The lowest BCUT2D eigenvalue weighted by Gasteiger charge is -1.92. The van der Waals surface area contributed by atoms with Gasteiger partial charge in [-0.25, -0.2) is 4.98 Å². The summed E-state index contributed by atoms with van der Waals surface area (Å²) in [4.78, 5) is 3.95. The van der Waals surface area contributed by atoms with Crippen LogP contribution in [0.3, 0.4) is 0 Å². The molecule has 0 saturated heterocycles. The molecule has 48 valence electrons. The first-order chi connectivity index (χ1) is 4.20. The third-order valence-electron chi connectivity index (χ3n) is 0.769. The molecule has 0 spiro atoms. The number of hydrogen-bond acceptors (Lipinski definition) is 1. The van der Waals surface area contributed by atoms with Crippen LogP contribution in [0, 0.1) is 3.57 Å². The number of halogens is 3. The van der Waals surface area contributed by atoms with E-state index in [4.69, 9.17) is 11.6 Å². The van der Waals surface area contributed by atoms with Crippen LogP contribution in [-0.4, -0.2) is 4.98 Å². The molecule has 0 saturated carbocycles. The molecule has 0 radical (unpaired) electrons. The van der Waals surface area contributed by atoms with Crippen molar-refractivity contribution in [2.45, 2.75) is 0 Å². The first kappa shape index (κ1) is 7.75. The van der Waals surface area contributed by atoms with Gasteiger partial charge >= 0.3 is 0 Å². The van der Waals surface area contributed by atoms with E-state index < -0.39 is 0 Å². The summed E-state index contributed by atoms with van der Waals surface area (Å²) >= 11 is 11.0. The Morgan fingerprint density at radius 3 is 2.67 bits per heavy atom. The quantitative estimate of drug-likeness (QED) is 0.529. The second-order valence-corrected chi connectivity index (χ2v) is 3.74. The van der Waals surface area contributed by atoms with E-state index in [1.54, 1.807) is 0 Å². The van der Waals surface area contributed by atoms with Crippen LogP contribution in [0.2, 0.25) is 5.15 Å². The molecule has 1 rings (SSSR count). The molecule has 1 heterocycles. The lowest BCUT2D eigenvalue weighted by atomic mass is 10.5. The van der Waals surface area contributed by atoms with E-state index in [1.165, 1.54) is 0 Å². The predicted molar refractivity (Wildman–Crippen MR) is 49.7 cm³/mol. The van der Waals surface area contributed by atoms with Crippen molar-refractivity contribution in [2.75, 3.05) is 0 Å². The highest BCUT2D eigenvalue weighted by Crippen LogP contribution is 2.17. The molecule has 0 aliphatic carbocycles. The fourth-order valence-electron chi connectivity index (χ4n) is 0.395. The van der Waals surface area contributed by atoms with Gasteiger partial charge in [0.05, 0.1) is 3.57 Å². The Hall–Kier alpha value is 0.650. The van der Waals surface area contributed by atoms with Gasteiger partial charge in [-0.15, -0.1) is 0 Å². The molecule has 4 heteroatoms. The summed E-state index contributed by atoms with van der Waals surface area (Å²) in [5.41, 5.74) is 0. The van der Waals surface area contributed by atoms with E-state index in [9.17, 15) is 0 Å². The van der Waals surface area contributed by atoms with Crippen molar-refractivity contribution >= 4 is 50.1 Å². The summed E-state index contributed by atoms with van der Waals surface area (Å²) in [6, 6.07) is 3.76. The van der Waals surface area contributed by atoms with Gasteiger partial charge in [0.1, 0.15) is 9.76 Å². The van der Waals surface area contributed by atoms with Crippen LogP contribution in [-0.2, 0) is 0 Å². The zero-order valence-electron chi connectivity index (χ0n) is 4.24. The van der Waals surface area contributed by atoms with Crippen molar-refractivity contribution in [3.8, 4) is 0 Å². The Morgan fingerprint density at radius 1 is 1.56 bits per heavy atom. The molecule has 0 atom stereocenters. The van der Waals surface area contributed by atoms with Gasteiger partial charge in [-0.3, -0.25) is 0 Å². The van der Waals surface area contributed by atoms with Crippen LogP contribution >= 0.6 is 50.1 Å². The molecule has 9 heavy (non-hydrogen) atoms. The minimum absolute atomic E-state index is 0.546. The Morgan fingerprint density at radius 2 is 2.22 bits per heavy atom. The van der Waals surface area contributed by atoms with Gasteiger partial charge in [-0.2, -0.15) is 0 Å². The maximum atomic E-state index is 5.67. The zero-order chi connectivity index (χ0) is 6.85. The van der Waals surface area contributed by atoms with Crippen molar-refractivity contribution < 1.29 is 0 Å². The zero-order valence-corrected chi connectivity index (χ0v) is 8.74. The van der Waals surface area contributed by atoms with E-state index in [-0.39, 0.29) is 0 Å². The molecule has 0 fully saturated rings. The van der Waals surface area contributed by atoms with Crippen LogP contribution in [0.5, 0.6) is 0 Å². The van der Waals surface area contributed by atoms with E-state index in [2.05, 4.69) is 43.5 Å². The Balaban J connectivity index is 3.17.